The standard InChI is InChI=1S/C28H36N8/c1-18(20-13-15-22(29)16-14-20)26-30-27(28(2,3)4)33-36(26)17-19-9-11-21(12-10-19)23-7-5-6-8-24(23)25-31-34-35-32-25/h5-12,18,20,22H,13-17,29H2,1-4H3,(H,31,32,34,35). The van der Waals surface area contributed by atoms with E-state index in [2.05, 4.69) is 83.3 Å². The van der Waals surface area contributed by atoms with E-state index in [4.69, 9.17) is 15.8 Å². The Morgan fingerprint density at radius 1 is 1.00 bits per heavy atom. The van der Waals surface area contributed by atoms with Crippen molar-refractivity contribution < 1.29 is 0 Å². The number of nitrogens with zero attached hydrogens (tertiary/aromatic N) is 6. The summed E-state index contributed by atoms with van der Waals surface area (Å²) < 4.78 is 2.13. The van der Waals surface area contributed by atoms with E-state index in [1.165, 1.54) is 5.56 Å². The van der Waals surface area contributed by atoms with Crippen LogP contribution in [0.25, 0.3) is 22.5 Å². The summed E-state index contributed by atoms with van der Waals surface area (Å²) in [4.78, 5) is 5.08. The summed E-state index contributed by atoms with van der Waals surface area (Å²) in [5.41, 5.74) is 10.5. The maximum absolute atomic E-state index is 6.18. The summed E-state index contributed by atoms with van der Waals surface area (Å²) in [6.45, 7) is 9.54. The van der Waals surface area contributed by atoms with Gasteiger partial charge in [0.2, 0.25) is 0 Å². The fourth-order valence-corrected chi connectivity index (χ4v) is 5.16. The molecule has 2 aromatic carbocycles. The number of aromatic nitrogens is 7. The molecule has 2 aromatic heterocycles. The van der Waals surface area contributed by atoms with Crippen LogP contribution in [0.4, 0.5) is 0 Å². The monoisotopic (exact) mass is 484 g/mol. The summed E-state index contributed by atoms with van der Waals surface area (Å²) in [6.07, 6.45) is 4.52. The van der Waals surface area contributed by atoms with Gasteiger partial charge in [-0.15, -0.1) is 5.10 Å². The third kappa shape index (κ3) is 5.09. The molecular weight excluding hydrogens is 448 g/mol. The Kier molecular flexibility index (Phi) is 6.71. The van der Waals surface area contributed by atoms with Gasteiger partial charge in [0.05, 0.1) is 6.54 Å². The fraction of sp³-hybridized carbons (Fsp3) is 0.464. The highest BCUT2D eigenvalue weighted by molar-refractivity contribution is 5.80. The van der Waals surface area contributed by atoms with Crippen LogP contribution in [0.2, 0.25) is 0 Å². The van der Waals surface area contributed by atoms with Gasteiger partial charge in [0, 0.05) is 22.9 Å². The van der Waals surface area contributed by atoms with Crippen molar-refractivity contribution in [1.29, 1.82) is 0 Å². The largest absolute Gasteiger partial charge is 0.328 e. The van der Waals surface area contributed by atoms with Crippen molar-refractivity contribution in [2.75, 3.05) is 0 Å². The Morgan fingerprint density at radius 2 is 1.69 bits per heavy atom. The molecule has 4 aromatic rings. The first-order valence-corrected chi connectivity index (χ1v) is 12.9. The number of aromatic amines is 1. The van der Waals surface area contributed by atoms with Gasteiger partial charge in [0.25, 0.3) is 0 Å². The molecule has 8 heteroatoms. The van der Waals surface area contributed by atoms with Crippen molar-refractivity contribution in [3.05, 3.63) is 65.7 Å². The molecule has 1 saturated carbocycles. The lowest BCUT2D eigenvalue weighted by Gasteiger charge is -2.30. The topological polar surface area (TPSA) is 111 Å². The zero-order chi connectivity index (χ0) is 25.3. The molecule has 1 aliphatic rings. The number of hydrogen-bond acceptors (Lipinski definition) is 6. The molecule has 0 spiro atoms. The molecule has 0 aliphatic heterocycles. The van der Waals surface area contributed by atoms with Gasteiger partial charge in [0.15, 0.2) is 11.6 Å². The van der Waals surface area contributed by atoms with E-state index in [-0.39, 0.29) is 5.41 Å². The van der Waals surface area contributed by atoms with Gasteiger partial charge in [-0.3, -0.25) is 0 Å². The lowest BCUT2D eigenvalue weighted by atomic mass is 9.79. The number of rotatable bonds is 6. The van der Waals surface area contributed by atoms with Crippen LogP contribution in [0.3, 0.4) is 0 Å². The van der Waals surface area contributed by atoms with Crippen LogP contribution in [0.1, 0.15) is 76.5 Å². The number of nitrogens with two attached hydrogens (primary N) is 1. The zero-order valence-corrected chi connectivity index (χ0v) is 21.6. The van der Waals surface area contributed by atoms with Crippen LogP contribution in [0.15, 0.2) is 48.5 Å². The quantitative estimate of drug-likeness (QED) is 0.394. The maximum Gasteiger partial charge on any atom is 0.180 e. The molecule has 8 nitrogen and oxygen atoms in total. The first-order valence-electron chi connectivity index (χ1n) is 12.9. The first kappa shape index (κ1) is 24.3. The SMILES string of the molecule is CC(c1nc(C(C)(C)C)nn1Cc1ccc(-c2ccccc2-c2nnn[nH]2)cc1)C1CCC(N)CC1. The van der Waals surface area contributed by atoms with E-state index in [1.54, 1.807) is 0 Å². The van der Waals surface area contributed by atoms with E-state index in [1.807, 2.05) is 18.2 Å². The molecule has 1 fully saturated rings. The van der Waals surface area contributed by atoms with E-state index < -0.39 is 0 Å². The Hall–Kier alpha value is -3.39. The van der Waals surface area contributed by atoms with Gasteiger partial charge >= 0.3 is 0 Å². The molecule has 1 atom stereocenters. The average Bonchev–Trinajstić information content (AvgIpc) is 3.55. The number of hydrogen-bond donors (Lipinski definition) is 2. The van der Waals surface area contributed by atoms with Crippen LogP contribution in [0, 0.1) is 5.92 Å². The third-order valence-corrected chi connectivity index (χ3v) is 7.43. The molecular formula is C28H36N8. The van der Waals surface area contributed by atoms with E-state index >= 15 is 0 Å². The van der Waals surface area contributed by atoms with Crippen molar-refractivity contribution in [3.63, 3.8) is 0 Å². The number of H-pyrrole nitrogens is 1. The minimum Gasteiger partial charge on any atom is -0.328 e. The number of benzene rings is 2. The van der Waals surface area contributed by atoms with Crippen LogP contribution >= 0.6 is 0 Å². The number of nitrogens with one attached hydrogen (secondary N) is 1. The summed E-state index contributed by atoms with van der Waals surface area (Å²) in [7, 11) is 0. The molecule has 3 N–H and O–H groups in total. The van der Waals surface area contributed by atoms with Crippen LogP contribution in [-0.2, 0) is 12.0 Å². The molecule has 0 amide bonds. The normalized spacial score (nSPS) is 19.4. The second-order valence-electron chi connectivity index (χ2n) is 11.2. The lowest BCUT2D eigenvalue weighted by Crippen LogP contribution is -2.29. The van der Waals surface area contributed by atoms with Crippen molar-refractivity contribution in [2.45, 2.75) is 77.3 Å². The van der Waals surface area contributed by atoms with Crippen molar-refractivity contribution in [2.24, 2.45) is 11.7 Å². The van der Waals surface area contributed by atoms with Crippen molar-refractivity contribution >= 4 is 0 Å². The Morgan fingerprint density at radius 3 is 2.33 bits per heavy atom. The molecule has 0 bridgehead atoms. The van der Waals surface area contributed by atoms with Gasteiger partial charge in [-0.25, -0.2) is 14.8 Å². The highest BCUT2D eigenvalue weighted by Crippen LogP contribution is 2.36. The van der Waals surface area contributed by atoms with Crippen molar-refractivity contribution in [3.8, 4) is 22.5 Å². The second kappa shape index (κ2) is 9.93. The minimum absolute atomic E-state index is 0.0994. The molecule has 2 heterocycles. The van der Waals surface area contributed by atoms with Gasteiger partial charge < -0.3 is 5.73 Å². The van der Waals surface area contributed by atoms with Crippen molar-refractivity contribution in [1.82, 2.24) is 35.4 Å². The highest BCUT2D eigenvalue weighted by Gasteiger charge is 2.30. The zero-order valence-electron chi connectivity index (χ0n) is 21.6. The Bertz CT molecular complexity index is 1280. The van der Waals surface area contributed by atoms with Gasteiger partial charge in [-0.1, -0.05) is 76.2 Å². The molecule has 1 aliphatic carbocycles. The van der Waals surface area contributed by atoms with E-state index in [0.29, 0.717) is 30.2 Å². The predicted octanol–water partition coefficient (Wildman–Crippen LogP) is 5.09. The highest BCUT2D eigenvalue weighted by atomic mass is 15.5. The maximum atomic E-state index is 6.18. The second-order valence-corrected chi connectivity index (χ2v) is 11.2. The molecule has 188 valence electrons. The fourth-order valence-electron chi connectivity index (χ4n) is 5.16. The average molecular weight is 485 g/mol. The summed E-state index contributed by atoms with van der Waals surface area (Å²) >= 11 is 0. The predicted molar refractivity (Wildman–Crippen MR) is 141 cm³/mol. The summed E-state index contributed by atoms with van der Waals surface area (Å²) in [5.74, 6) is 3.61. The van der Waals surface area contributed by atoms with E-state index in [9.17, 15) is 0 Å². The molecule has 36 heavy (non-hydrogen) atoms. The smallest absolute Gasteiger partial charge is 0.180 e. The molecule has 0 radical (unpaired) electrons. The summed E-state index contributed by atoms with van der Waals surface area (Å²) in [5, 5.41) is 19.4. The Labute approximate surface area is 212 Å². The van der Waals surface area contributed by atoms with Gasteiger partial charge in [-0.05, 0) is 58.7 Å². The third-order valence-electron chi connectivity index (χ3n) is 7.43. The Balaban J connectivity index is 1.41. The van der Waals surface area contributed by atoms with E-state index in [0.717, 1.165) is 54.0 Å². The minimum atomic E-state index is -0.0994. The molecule has 5 rings (SSSR count). The van der Waals surface area contributed by atoms with Gasteiger partial charge in [-0.2, -0.15) is 5.10 Å². The van der Waals surface area contributed by atoms with Gasteiger partial charge in [0.1, 0.15) is 5.82 Å². The summed E-state index contributed by atoms with van der Waals surface area (Å²) in [6, 6.07) is 17.2. The number of tetrazole rings is 1. The van der Waals surface area contributed by atoms with Crippen LogP contribution in [-0.4, -0.2) is 41.4 Å². The molecule has 0 saturated heterocycles. The lowest BCUT2D eigenvalue weighted by molar-refractivity contribution is 0.281. The molecule has 1 unspecified atom stereocenters. The van der Waals surface area contributed by atoms with Crippen LogP contribution in [0.5, 0.6) is 0 Å². The van der Waals surface area contributed by atoms with Crippen LogP contribution < -0.4 is 5.73 Å². The first-order chi connectivity index (χ1) is 17.3.